The van der Waals surface area contributed by atoms with Crippen molar-refractivity contribution in [1.29, 1.82) is 0 Å². The maximum absolute atomic E-state index is 3.70. The van der Waals surface area contributed by atoms with Crippen LogP contribution >= 0.6 is 0 Å². The van der Waals surface area contributed by atoms with Crippen molar-refractivity contribution in [3.8, 4) is 0 Å². The molecule has 0 amide bonds. The van der Waals surface area contributed by atoms with Gasteiger partial charge in [-0.2, -0.15) is 0 Å². The molecule has 1 nitrogen and oxygen atoms in total. The predicted molar refractivity (Wildman–Crippen MR) is 83.7 cm³/mol. The third-order valence-electron chi connectivity index (χ3n) is 5.05. The number of rotatable bonds is 6. The minimum atomic E-state index is 0.360. The number of nitrogens with one attached hydrogen (secondary N) is 1. The maximum Gasteiger partial charge on any atom is 0.0106 e. The number of hydrogen-bond acceptors (Lipinski definition) is 1. The van der Waals surface area contributed by atoms with Gasteiger partial charge in [0.25, 0.3) is 0 Å². The molecule has 1 heteroatoms. The first kappa shape index (κ1) is 14.6. The number of benzene rings is 1. The summed E-state index contributed by atoms with van der Waals surface area (Å²) in [5.41, 5.74) is 3.57. The highest BCUT2D eigenvalue weighted by Gasteiger charge is 2.39. The van der Waals surface area contributed by atoms with E-state index in [4.69, 9.17) is 0 Å². The zero-order valence-corrected chi connectivity index (χ0v) is 12.8. The van der Waals surface area contributed by atoms with Gasteiger partial charge in [0, 0.05) is 12.0 Å². The topological polar surface area (TPSA) is 12.0 Å². The van der Waals surface area contributed by atoms with Crippen LogP contribution in [-0.2, 0) is 11.8 Å². The summed E-state index contributed by atoms with van der Waals surface area (Å²) in [6.07, 6.45) is 6.44. The number of hydrogen-bond donors (Lipinski definition) is 1. The summed E-state index contributed by atoms with van der Waals surface area (Å²) < 4.78 is 0. The van der Waals surface area contributed by atoms with Gasteiger partial charge in [0.2, 0.25) is 0 Å². The van der Waals surface area contributed by atoms with Crippen LogP contribution < -0.4 is 5.32 Å². The van der Waals surface area contributed by atoms with E-state index in [1.165, 1.54) is 32.1 Å². The van der Waals surface area contributed by atoms with Gasteiger partial charge in [0.1, 0.15) is 0 Å². The van der Waals surface area contributed by atoms with Crippen molar-refractivity contribution in [3.05, 3.63) is 35.4 Å². The summed E-state index contributed by atoms with van der Waals surface area (Å²) in [4.78, 5) is 0. The number of aryl methyl sites for hydroxylation is 1. The normalized spacial score (nSPS) is 23.9. The summed E-state index contributed by atoms with van der Waals surface area (Å²) in [6, 6.07) is 9.14. The molecule has 0 fully saturated rings. The summed E-state index contributed by atoms with van der Waals surface area (Å²) in [5, 5.41) is 3.70. The Morgan fingerprint density at radius 1 is 1.26 bits per heavy atom. The van der Waals surface area contributed by atoms with E-state index in [1.54, 1.807) is 11.1 Å². The van der Waals surface area contributed by atoms with E-state index in [1.807, 2.05) is 0 Å². The molecule has 106 valence electrons. The van der Waals surface area contributed by atoms with E-state index >= 15 is 0 Å². The Balaban J connectivity index is 2.33. The maximum atomic E-state index is 3.70. The molecule has 0 saturated heterocycles. The summed E-state index contributed by atoms with van der Waals surface area (Å²) in [5.74, 6) is 0.748. The molecule has 0 aromatic heterocycles. The molecule has 1 N–H and O–H groups in total. The van der Waals surface area contributed by atoms with Gasteiger partial charge >= 0.3 is 0 Å². The minimum absolute atomic E-state index is 0.360. The van der Waals surface area contributed by atoms with Crippen LogP contribution in [0.15, 0.2) is 24.3 Å². The van der Waals surface area contributed by atoms with Crippen molar-refractivity contribution in [2.75, 3.05) is 13.1 Å². The molecule has 0 heterocycles. The molecule has 1 aliphatic rings. The largest absolute Gasteiger partial charge is 0.316 e. The quantitative estimate of drug-likeness (QED) is 0.751. The Morgan fingerprint density at radius 3 is 2.79 bits per heavy atom. The van der Waals surface area contributed by atoms with Gasteiger partial charge in [0.05, 0.1) is 0 Å². The van der Waals surface area contributed by atoms with Crippen LogP contribution in [-0.4, -0.2) is 13.1 Å². The highest BCUT2D eigenvalue weighted by atomic mass is 14.9. The molecule has 2 atom stereocenters. The highest BCUT2D eigenvalue weighted by molar-refractivity contribution is 5.38. The van der Waals surface area contributed by atoms with Crippen LogP contribution in [0.25, 0.3) is 0 Å². The second-order valence-electron chi connectivity index (χ2n) is 6.15. The van der Waals surface area contributed by atoms with Gasteiger partial charge in [-0.1, -0.05) is 51.5 Å². The molecule has 0 saturated carbocycles. The van der Waals surface area contributed by atoms with Crippen molar-refractivity contribution in [2.45, 2.75) is 58.3 Å². The van der Waals surface area contributed by atoms with Crippen molar-refractivity contribution in [1.82, 2.24) is 5.32 Å². The highest BCUT2D eigenvalue weighted by Crippen LogP contribution is 2.43. The van der Waals surface area contributed by atoms with E-state index in [0.29, 0.717) is 5.41 Å². The second kappa shape index (κ2) is 6.56. The van der Waals surface area contributed by atoms with Crippen molar-refractivity contribution in [2.24, 2.45) is 5.92 Å². The van der Waals surface area contributed by atoms with Crippen molar-refractivity contribution in [3.63, 3.8) is 0 Å². The zero-order valence-electron chi connectivity index (χ0n) is 12.8. The first-order valence-corrected chi connectivity index (χ1v) is 8.03. The Labute approximate surface area is 118 Å². The van der Waals surface area contributed by atoms with E-state index in [2.05, 4.69) is 50.4 Å². The standard InChI is InChI=1S/C18H29N/c1-4-13-19-14-18(15(3)5-2)12-8-10-16-9-6-7-11-17(16)18/h6-7,9,11,15,19H,4-5,8,10,12-14H2,1-3H3. The average Bonchev–Trinajstić information content (AvgIpc) is 2.47. The van der Waals surface area contributed by atoms with Crippen molar-refractivity contribution >= 4 is 0 Å². The van der Waals surface area contributed by atoms with Gasteiger partial charge in [0.15, 0.2) is 0 Å². The monoisotopic (exact) mass is 259 g/mol. The average molecular weight is 259 g/mol. The van der Waals surface area contributed by atoms with Crippen LogP contribution in [0.2, 0.25) is 0 Å². The lowest BCUT2D eigenvalue weighted by Gasteiger charge is -2.44. The molecule has 1 aromatic carbocycles. The predicted octanol–water partition coefficient (Wildman–Crippen LogP) is 4.31. The van der Waals surface area contributed by atoms with Crippen molar-refractivity contribution < 1.29 is 0 Å². The van der Waals surface area contributed by atoms with Crippen LogP contribution in [0, 0.1) is 5.92 Å². The van der Waals surface area contributed by atoms with Gasteiger partial charge < -0.3 is 5.32 Å². The fraction of sp³-hybridized carbons (Fsp3) is 0.667. The van der Waals surface area contributed by atoms with Gasteiger partial charge in [-0.25, -0.2) is 0 Å². The number of fused-ring (bicyclic) bond motifs is 1. The minimum Gasteiger partial charge on any atom is -0.316 e. The van der Waals surface area contributed by atoms with Crippen LogP contribution in [0.5, 0.6) is 0 Å². The Morgan fingerprint density at radius 2 is 2.05 bits per heavy atom. The van der Waals surface area contributed by atoms with Gasteiger partial charge in [-0.3, -0.25) is 0 Å². The molecule has 2 unspecified atom stereocenters. The first-order chi connectivity index (χ1) is 9.24. The van der Waals surface area contributed by atoms with E-state index in [0.717, 1.165) is 19.0 Å². The molecule has 0 bridgehead atoms. The van der Waals surface area contributed by atoms with E-state index in [-0.39, 0.29) is 0 Å². The van der Waals surface area contributed by atoms with Crippen LogP contribution in [0.3, 0.4) is 0 Å². The fourth-order valence-electron chi connectivity index (χ4n) is 3.70. The Kier molecular flexibility index (Phi) is 5.04. The third-order valence-corrected chi connectivity index (χ3v) is 5.05. The summed E-state index contributed by atoms with van der Waals surface area (Å²) in [6.45, 7) is 9.31. The van der Waals surface area contributed by atoms with Crippen LogP contribution in [0.4, 0.5) is 0 Å². The van der Waals surface area contributed by atoms with Gasteiger partial charge in [-0.15, -0.1) is 0 Å². The fourth-order valence-corrected chi connectivity index (χ4v) is 3.70. The summed E-state index contributed by atoms with van der Waals surface area (Å²) in [7, 11) is 0. The molecule has 19 heavy (non-hydrogen) atoms. The third kappa shape index (κ3) is 2.86. The molecular weight excluding hydrogens is 230 g/mol. The molecular formula is C18H29N. The van der Waals surface area contributed by atoms with E-state index in [9.17, 15) is 0 Å². The lowest BCUT2D eigenvalue weighted by molar-refractivity contribution is 0.230. The lowest BCUT2D eigenvalue weighted by Crippen LogP contribution is -2.45. The summed E-state index contributed by atoms with van der Waals surface area (Å²) >= 11 is 0. The molecule has 2 rings (SSSR count). The smallest absolute Gasteiger partial charge is 0.0106 e. The second-order valence-corrected chi connectivity index (χ2v) is 6.15. The molecule has 0 radical (unpaired) electrons. The molecule has 1 aromatic rings. The Bertz CT molecular complexity index is 398. The molecule has 1 aliphatic carbocycles. The van der Waals surface area contributed by atoms with Gasteiger partial charge in [-0.05, 0) is 49.3 Å². The van der Waals surface area contributed by atoms with Crippen LogP contribution in [0.1, 0.15) is 57.6 Å². The zero-order chi connectivity index (χ0) is 13.7. The SMILES string of the molecule is CCCNCC1(C(C)CC)CCCc2ccccc21. The molecule has 0 aliphatic heterocycles. The lowest BCUT2D eigenvalue weighted by atomic mass is 9.62. The van der Waals surface area contributed by atoms with E-state index < -0.39 is 0 Å². The molecule has 0 spiro atoms. The first-order valence-electron chi connectivity index (χ1n) is 8.03. The Hall–Kier alpha value is -0.820.